The van der Waals surface area contributed by atoms with Gasteiger partial charge in [-0.3, -0.25) is 0 Å². The first-order valence-corrected chi connectivity index (χ1v) is 6.60. The van der Waals surface area contributed by atoms with Crippen molar-refractivity contribution in [3.05, 3.63) is 64.7 Å². The van der Waals surface area contributed by atoms with Crippen LogP contribution in [-0.2, 0) is 6.61 Å². The van der Waals surface area contributed by atoms with Crippen LogP contribution in [-0.4, -0.2) is 12.2 Å². The first kappa shape index (κ1) is 14.9. The molecule has 0 aliphatic carbocycles. The highest BCUT2D eigenvalue weighted by Gasteiger charge is 1.97. The molecule has 0 unspecified atom stereocenters. The maximum Gasteiger partial charge on any atom is 0.211 e. The lowest BCUT2D eigenvalue weighted by molar-refractivity contribution is 0.306. The monoisotopic (exact) mass is 302 g/mol. The Morgan fingerprint density at radius 3 is 2.33 bits per heavy atom. The van der Waals surface area contributed by atoms with E-state index in [1.165, 1.54) is 0 Å². The number of ether oxygens (including phenoxy) is 1. The molecule has 0 aromatic heterocycles. The molecule has 0 bridgehead atoms. The Morgan fingerprint density at radius 1 is 1.05 bits per heavy atom. The molecule has 5 nitrogen and oxygen atoms in total. The molecule has 108 valence electrons. The number of nitrogens with two attached hydrogens (primary N) is 2. The lowest BCUT2D eigenvalue weighted by Crippen LogP contribution is -2.21. The summed E-state index contributed by atoms with van der Waals surface area (Å²) in [5.74, 6) is 0.693. The molecule has 0 heterocycles. The van der Waals surface area contributed by atoms with Gasteiger partial charge in [-0.15, -0.1) is 5.10 Å². The maximum atomic E-state index is 5.83. The normalized spacial score (nSPS) is 10.5. The Labute approximate surface area is 127 Å². The van der Waals surface area contributed by atoms with Crippen molar-refractivity contribution in [1.29, 1.82) is 0 Å². The molecule has 0 spiro atoms. The van der Waals surface area contributed by atoms with E-state index in [0.29, 0.717) is 11.6 Å². The van der Waals surface area contributed by atoms with Gasteiger partial charge >= 0.3 is 0 Å². The van der Waals surface area contributed by atoms with Crippen molar-refractivity contribution in [2.24, 2.45) is 21.7 Å². The predicted octanol–water partition coefficient (Wildman–Crippen LogP) is 2.53. The van der Waals surface area contributed by atoms with Crippen molar-refractivity contribution in [3.63, 3.8) is 0 Å². The summed E-state index contributed by atoms with van der Waals surface area (Å²) in [4.78, 5) is 0. The van der Waals surface area contributed by atoms with Crippen LogP contribution >= 0.6 is 11.6 Å². The van der Waals surface area contributed by atoms with Crippen molar-refractivity contribution >= 4 is 23.8 Å². The Morgan fingerprint density at radius 2 is 1.71 bits per heavy atom. The fourth-order valence-electron chi connectivity index (χ4n) is 1.56. The zero-order valence-electron chi connectivity index (χ0n) is 11.2. The molecule has 0 radical (unpaired) electrons. The maximum absolute atomic E-state index is 5.83. The Kier molecular flexibility index (Phi) is 5.17. The highest BCUT2D eigenvalue weighted by molar-refractivity contribution is 6.30. The van der Waals surface area contributed by atoms with E-state index in [0.717, 1.165) is 16.9 Å². The smallest absolute Gasteiger partial charge is 0.211 e. The van der Waals surface area contributed by atoms with E-state index in [9.17, 15) is 0 Å². The number of nitrogens with zero attached hydrogens (tertiary/aromatic N) is 2. The number of rotatable bonds is 5. The second-order valence-corrected chi connectivity index (χ2v) is 4.69. The summed E-state index contributed by atoms with van der Waals surface area (Å²) in [6.07, 6.45) is 1.56. The van der Waals surface area contributed by atoms with Gasteiger partial charge in [-0.05, 0) is 47.5 Å². The van der Waals surface area contributed by atoms with Gasteiger partial charge in [0.15, 0.2) is 0 Å². The number of benzene rings is 2. The second-order valence-electron chi connectivity index (χ2n) is 4.25. The van der Waals surface area contributed by atoms with E-state index in [-0.39, 0.29) is 5.96 Å². The SMILES string of the molecule is NC(N)=N/N=C/c1ccc(OCc2ccc(Cl)cc2)cc1. The molecule has 2 aromatic carbocycles. The minimum atomic E-state index is -0.0748. The molecule has 0 atom stereocenters. The number of halogens is 1. The molecule has 2 rings (SSSR count). The summed E-state index contributed by atoms with van der Waals surface area (Å²) in [5, 5.41) is 7.97. The molecule has 4 N–H and O–H groups in total. The Bertz CT molecular complexity index is 632. The highest BCUT2D eigenvalue weighted by Crippen LogP contribution is 2.15. The van der Waals surface area contributed by atoms with E-state index in [2.05, 4.69) is 10.2 Å². The minimum absolute atomic E-state index is 0.0748. The zero-order valence-corrected chi connectivity index (χ0v) is 12.0. The molecule has 0 saturated heterocycles. The van der Waals surface area contributed by atoms with Gasteiger partial charge < -0.3 is 16.2 Å². The summed E-state index contributed by atoms with van der Waals surface area (Å²) in [6, 6.07) is 15.0. The predicted molar refractivity (Wildman–Crippen MR) is 85.6 cm³/mol. The third-order valence-electron chi connectivity index (χ3n) is 2.58. The van der Waals surface area contributed by atoms with Crippen LogP contribution in [0.1, 0.15) is 11.1 Å². The standard InChI is InChI=1S/C15H15ClN4O/c16-13-5-1-12(2-6-13)10-21-14-7-3-11(4-8-14)9-19-20-15(17)18/h1-9H,10H2,(H4,17,18,20)/b19-9+. The molecule has 6 heteroatoms. The van der Waals surface area contributed by atoms with Crippen LogP contribution in [0.2, 0.25) is 5.02 Å². The van der Waals surface area contributed by atoms with Gasteiger partial charge in [0, 0.05) is 5.02 Å². The van der Waals surface area contributed by atoms with Gasteiger partial charge in [-0.1, -0.05) is 23.7 Å². The molecule has 0 aliphatic rings. The van der Waals surface area contributed by atoms with Gasteiger partial charge in [0.2, 0.25) is 5.96 Å². The van der Waals surface area contributed by atoms with Crippen LogP contribution in [0.3, 0.4) is 0 Å². The van der Waals surface area contributed by atoms with Crippen LogP contribution < -0.4 is 16.2 Å². The van der Waals surface area contributed by atoms with Crippen molar-refractivity contribution in [2.45, 2.75) is 6.61 Å². The van der Waals surface area contributed by atoms with Crippen LogP contribution in [0.4, 0.5) is 0 Å². The summed E-state index contributed by atoms with van der Waals surface area (Å²) in [6.45, 7) is 0.485. The van der Waals surface area contributed by atoms with Gasteiger partial charge in [0.25, 0.3) is 0 Å². The number of guanidine groups is 1. The summed E-state index contributed by atoms with van der Waals surface area (Å²) < 4.78 is 5.67. The van der Waals surface area contributed by atoms with Crippen LogP contribution in [0.5, 0.6) is 5.75 Å². The summed E-state index contributed by atoms with van der Waals surface area (Å²) >= 11 is 5.83. The van der Waals surface area contributed by atoms with Crippen LogP contribution in [0.15, 0.2) is 58.7 Å². The lowest BCUT2D eigenvalue weighted by atomic mass is 10.2. The average Bonchev–Trinajstić information content (AvgIpc) is 2.48. The molecule has 0 fully saturated rings. The average molecular weight is 303 g/mol. The summed E-state index contributed by atoms with van der Waals surface area (Å²) in [5.41, 5.74) is 12.3. The number of hydrogen-bond acceptors (Lipinski definition) is 3. The number of hydrogen-bond donors (Lipinski definition) is 2. The third kappa shape index (κ3) is 5.16. The Balaban J connectivity index is 1.91. The fraction of sp³-hybridized carbons (Fsp3) is 0.0667. The van der Waals surface area contributed by atoms with Gasteiger partial charge in [-0.2, -0.15) is 5.10 Å². The minimum Gasteiger partial charge on any atom is -0.489 e. The molecular weight excluding hydrogens is 288 g/mol. The topological polar surface area (TPSA) is 86.0 Å². The fourth-order valence-corrected chi connectivity index (χ4v) is 1.69. The third-order valence-corrected chi connectivity index (χ3v) is 2.83. The van der Waals surface area contributed by atoms with E-state index in [1.54, 1.807) is 6.21 Å². The van der Waals surface area contributed by atoms with Crippen molar-refractivity contribution < 1.29 is 4.74 Å². The first-order chi connectivity index (χ1) is 10.1. The highest BCUT2D eigenvalue weighted by atomic mass is 35.5. The quantitative estimate of drug-likeness (QED) is 0.505. The Hall–Kier alpha value is -2.53. The van der Waals surface area contributed by atoms with Crippen molar-refractivity contribution in [1.82, 2.24) is 0 Å². The molecular formula is C15H15ClN4O. The molecule has 21 heavy (non-hydrogen) atoms. The summed E-state index contributed by atoms with van der Waals surface area (Å²) in [7, 11) is 0. The van der Waals surface area contributed by atoms with Crippen molar-refractivity contribution in [3.8, 4) is 5.75 Å². The van der Waals surface area contributed by atoms with Gasteiger partial charge in [0.05, 0.1) is 6.21 Å². The van der Waals surface area contributed by atoms with Gasteiger partial charge in [0.1, 0.15) is 12.4 Å². The zero-order chi connectivity index (χ0) is 15.1. The van der Waals surface area contributed by atoms with Gasteiger partial charge in [-0.25, -0.2) is 0 Å². The molecule has 0 amide bonds. The first-order valence-electron chi connectivity index (χ1n) is 6.23. The largest absolute Gasteiger partial charge is 0.489 e. The molecule has 2 aromatic rings. The molecule has 0 saturated carbocycles. The van der Waals surface area contributed by atoms with Crippen molar-refractivity contribution in [2.75, 3.05) is 0 Å². The lowest BCUT2D eigenvalue weighted by Gasteiger charge is -2.06. The molecule has 0 aliphatic heterocycles. The van der Waals surface area contributed by atoms with E-state index >= 15 is 0 Å². The van der Waals surface area contributed by atoms with Crippen LogP contribution in [0, 0.1) is 0 Å². The van der Waals surface area contributed by atoms with Crippen LogP contribution in [0.25, 0.3) is 0 Å². The second kappa shape index (κ2) is 7.31. The van der Waals surface area contributed by atoms with E-state index in [4.69, 9.17) is 27.8 Å². The van der Waals surface area contributed by atoms with E-state index in [1.807, 2.05) is 48.5 Å². The van der Waals surface area contributed by atoms with E-state index < -0.39 is 0 Å².